The lowest BCUT2D eigenvalue weighted by Gasteiger charge is -2.19. The van der Waals surface area contributed by atoms with Crippen LogP contribution in [-0.4, -0.2) is 24.0 Å². The van der Waals surface area contributed by atoms with Crippen molar-refractivity contribution >= 4 is 43.6 Å². The van der Waals surface area contributed by atoms with Crippen LogP contribution in [0.1, 0.15) is 46.8 Å². The molecule has 0 radical (unpaired) electrons. The molecule has 1 N–H and O–H groups in total. The lowest BCUT2D eigenvalue weighted by atomic mass is 9.95. The van der Waals surface area contributed by atoms with Gasteiger partial charge < -0.3 is 14.6 Å². The van der Waals surface area contributed by atoms with Crippen LogP contribution in [0.5, 0.6) is 17.2 Å². The van der Waals surface area contributed by atoms with Gasteiger partial charge in [0.05, 0.1) is 33.6 Å². The first-order chi connectivity index (χ1) is 15.6. The molecule has 0 saturated heterocycles. The van der Waals surface area contributed by atoms with E-state index in [2.05, 4.69) is 31.9 Å². The summed E-state index contributed by atoms with van der Waals surface area (Å²) in [5.41, 5.74) is 1.42. The Morgan fingerprint density at radius 1 is 1.00 bits per heavy atom. The lowest BCUT2D eigenvalue weighted by molar-refractivity contribution is -0.136. The van der Waals surface area contributed by atoms with Gasteiger partial charge in [-0.2, -0.15) is 0 Å². The largest absolute Gasteiger partial charge is 0.496 e. The van der Waals surface area contributed by atoms with Crippen molar-refractivity contribution in [1.29, 1.82) is 0 Å². The predicted molar refractivity (Wildman–Crippen MR) is 130 cm³/mol. The number of ketones is 1. The van der Waals surface area contributed by atoms with E-state index >= 15 is 0 Å². The highest BCUT2D eigenvalue weighted by Gasteiger charge is 2.24. The quantitative estimate of drug-likeness (QED) is 0.287. The van der Waals surface area contributed by atoms with Gasteiger partial charge in [0, 0.05) is 5.56 Å². The fraction of sp³-hybridized carbons (Fsp3) is 0.200. The Hall–Kier alpha value is -2.71. The van der Waals surface area contributed by atoms with Gasteiger partial charge in [-0.15, -0.1) is 0 Å². The molecule has 0 spiro atoms. The second-order valence-corrected chi connectivity index (χ2v) is 9.32. The number of benzene rings is 3. The first-order valence-corrected chi connectivity index (χ1v) is 11.6. The zero-order chi connectivity index (χ0) is 24.3. The standard InChI is InChI=1S/C25H21Br2FO5/c1-13(2)16-11-22(33-25-18(26)8-14(9-19(25)27)10-23(29)30)17(12-21(16)32-3)24(31)15-6-4-5-7-20(15)28/h4-9,11-13H,10H2,1-3H3,(H,29,30). The minimum atomic E-state index is -0.961. The summed E-state index contributed by atoms with van der Waals surface area (Å²) in [4.78, 5) is 24.4. The Bertz CT molecular complexity index is 1200. The van der Waals surface area contributed by atoms with Crippen molar-refractivity contribution in [2.45, 2.75) is 26.2 Å². The van der Waals surface area contributed by atoms with E-state index in [1.54, 1.807) is 30.3 Å². The van der Waals surface area contributed by atoms with Crippen molar-refractivity contribution < 1.29 is 28.6 Å². The van der Waals surface area contributed by atoms with E-state index in [1.165, 1.54) is 25.3 Å². The highest BCUT2D eigenvalue weighted by Crippen LogP contribution is 2.42. The third kappa shape index (κ3) is 5.62. The molecule has 0 saturated carbocycles. The third-order valence-corrected chi connectivity index (χ3v) is 6.12. The number of methoxy groups -OCH3 is 1. The molecule has 0 amide bonds. The number of carboxylic acid groups (broad SMARTS) is 1. The van der Waals surface area contributed by atoms with E-state index in [-0.39, 0.29) is 29.2 Å². The molecule has 3 rings (SSSR count). The van der Waals surface area contributed by atoms with Gasteiger partial charge in [-0.25, -0.2) is 4.39 Å². The van der Waals surface area contributed by atoms with Gasteiger partial charge in [0.1, 0.15) is 17.3 Å². The first kappa shape index (κ1) is 24.9. The van der Waals surface area contributed by atoms with E-state index < -0.39 is 17.6 Å². The fourth-order valence-electron chi connectivity index (χ4n) is 3.35. The molecule has 0 unspecified atom stereocenters. The maximum atomic E-state index is 14.4. The zero-order valence-electron chi connectivity index (χ0n) is 18.1. The molecule has 3 aromatic rings. The van der Waals surface area contributed by atoms with Crippen LogP contribution < -0.4 is 9.47 Å². The van der Waals surface area contributed by atoms with Crippen LogP contribution in [0.2, 0.25) is 0 Å². The molecule has 3 aromatic carbocycles. The van der Waals surface area contributed by atoms with E-state index in [4.69, 9.17) is 14.6 Å². The van der Waals surface area contributed by atoms with Crippen LogP contribution in [0.4, 0.5) is 4.39 Å². The maximum absolute atomic E-state index is 14.4. The smallest absolute Gasteiger partial charge is 0.307 e. The second kappa shape index (κ2) is 10.5. The molecule has 0 fully saturated rings. The van der Waals surface area contributed by atoms with E-state index in [0.29, 0.717) is 26.0 Å². The fourth-order valence-corrected chi connectivity index (χ4v) is 4.80. The van der Waals surface area contributed by atoms with E-state index in [1.807, 2.05) is 13.8 Å². The molecule has 0 atom stereocenters. The number of carbonyl (C=O) groups is 2. The predicted octanol–water partition coefficient (Wildman–Crippen LogP) is 7.13. The maximum Gasteiger partial charge on any atom is 0.307 e. The summed E-state index contributed by atoms with van der Waals surface area (Å²) < 4.78 is 27.1. The lowest BCUT2D eigenvalue weighted by Crippen LogP contribution is -2.08. The van der Waals surface area contributed by atoms with Crippen LogP contribution in [0.25, 0.3) is 0 Å². The van der Waals surface area contributed by atoms with Gasteiger partial charge in [-0.05, 0) is 79.7 Å². The van der Waals surface area contributed by atoms with Crippen LogP contribution in [0, 0.1) is 5.82 Å². The highest BCUT2D eigenvalue weighted by atomic mass is 79.9. The summed E-state index contributed by atoms with van der Waals surface area (Å²) in [6, 6.07) is 12.3. The first-order valence-electron chi connectivity index (χ1n) is 10.0. The van der Waals surface area contributed by atoms with Gasteiger partial charge in [-0.1, -0.05) is 26.0 Å². The SMILES string of the molecule is COc1cc(C(=O)c2ccccc2F)c(Oc2c(Br)cc(CC(=O)O)cc2Br)cc1C(C)C. The summed E-state index contributed by atoms with van der Waals surface area (Å²) in [6.07, 6.45) is -0.158. The number of rotatable bonds is 8. The van der Waals surface area contributed by atoms with Gasteiger partial charge in [0.25, 0.3) is 0 Å². The zero-order valence-corrected chi connectivity index (χ0v) is 21.3. The molecule has 0 aliphatic carbocycles. The molecule has 5 nitrogen and oxygen atoms in total. The van der Waals surface area contributed by atoms with Crippen LogP contribution in [0.15, 0.2) is 57.5 Å². The van der Waals surface area contributed by atoms with E-state index in [9.17, 15) is 14.0 Å². The molecule has 0 aromatic heterocycles. The van der Waals surface area contributed by atoms with Gasteiger partial charge in [0.2, 0.25) is 0 Å². The van der Waals surface area contributed by atoms with Gasteiger partial charge in [-0.3, -0.25) is 9.59 Å². The number of carbonyl (C=O) groups excluding carboxylic acids is 1. The van der Waals surface area contributed by atoms with Crippen molar-refractivity contribution in [2.24, 2.45) is 0 Å². The molecule has 33 heavy (non-hydrogen) atoms. The van der Waals surface area contributed by atoms with Crippen molar-refractivity contribution in [3.05, 3.63) is 85.5 Å². The number of hydrogen-bond acceptors (Lipinski definition) is 4. The Balaban J connectivity index is 2.16. The second-order valence-electron chi connectivity index (χ2n) is 7.62. The Kier molecular flexibility index (Phi) is 7.92. The summed E-state index contributed by atoms with van der Waals surface area (Å²) in [5.74, 6) is -1.02. The third-order valence-electron chi connectivity index (χ3n) is 4.94. The van der Waals surface area contributed by atoms with Crippen LogP contribution in [-0.2, 0) is 11.2 Å². The number of hydrogen-bond donors (Lipinski definition) is 1. The summed E-state index contributed by atoms with van der Waals surface area (Å²) in [7, 11) is 1.51. The molecule has 0 aliphatic rings. The molecule has 8 heteroatoms. The number of aliphatic carboxylic acids is 1. The Labute approximate surface area is 207 Å². The monoisotopic (exact) mass is 578 g/mol. The topological polar surface area (TPSA) is 72.8 Å². The Morgan fingerprint density at radius 2 is 1.64 bits per heavy atom. The van der Waals surface area contributed by atoms with Crippen molar-refractivity contribution in [3.8, 4) is 17.2 Å². The average molecular weight is 580 g/mol. The minimum absolute atomic E-state index is 0.0599. The molecular weight excluding hydrogens is 559 g/mol. The summed E-state index contributed by atoms with van der Waals surface area (Å²) >= 11 is 6.84. The number of carboxylic acids is 1. The molecule has 0 bridgehead atoms. The van der Waals surface area contributed by atoms with Crippen LogP contribution in [0.3, 0.4) is 0 Å². The summed E-state index contributed by atoms with van der Waals surface area (Å²) in [5, 5.41) is 9.07. The highest BCUT2D eigenvalue weighted by molar-refractivity contribution is 9.11. The normalized spacial score (nSPS) is 10.9. The summed E-state index contributed by atoms with van der Waals surface area (Å²) in [6.45, 7) is 3.96. The molecule has 172 valence electrons. The van der Waals surface area contributed by atoms with Crippen molar-refractivity contribution in [1.82, 2.24) is 0 Å². The van der Waals surface area contributed by atoms with Crippen molar-refractivity contribution in [2.75, 3.05) is 7.11 Å². The van der Waals surface area contributed by atoms with E-state index in [0.717, 1.165) is 5.56 Å². The average Bonchev–Trinajstić information content (AvgIpc) is 2.75. The number of halogens is 3. The van der Waals surface area contributed by atoms with Crippen LogP contribution >= 0.6 is 31.9 Å². The number of ether oxygens (including phenoxy) is 2. The molecule has 0 aliphatic heterocycles. The van der Waals surface area contributed by atoms with Crippen molar-refractivity contribution in [3.63, 3.8) is 0 Å². The molecular formula is C25H21Br2FO5. The van der Waals surface area contributed by atoms with Gasteiger partial charge in [0.15, 0.2) is 11.5 Å². The molecule has 0 heterocycles. The Morgan fingerprint density at radius 3 is 2.18 bits per heavy atom. The minimum Gasteiger partial charge on any atom is -0.496 e. The van der Waals surface area contributed by atoms with Gasteiger partial charge >= 0.3 is 5.97 Å².